The predicted molar refractivity (Wildman–Crippen MR) is 75.5 cm³/mol. The van der Waals surface area contributed by atoms with E-state index in [4.69, 9.17) is 9.47 Å². The van der Waals surface area contributed by atoms with Gasteiger partial charge in [0.1, 0.15) is 5.82 Å². The van der Waals surface area contributed by atoms with Crippen molar-refractivity contribution in [2.45, 2.75) is 26.5 Å². The van der Waals surface area contributed by atoms with E-state index in [9.17, 15) is 5.11 Å². The maximum atomic E-state index is 9.19. The summed E-state index contributed by atoms with van der Waals surface area (Å²) in [5, 5.41) is 9.19. The molecule has 5 nitrogen and oxygen atoms in total. The lowest BCUT2D eigenvalue weighted by Crippen LogP contribution is -2.39. The third-order valence-electron chi connectivity index (χ3n) is 3.12. The third-order valence-corrected chi connectivity index (χ3v) is 3.12. The van der Waals surface area contributed by atoms with Crippen molar-refractivity contribution in [2.75, 3.05) is 38.9 Å². The number of anilines is 1. The average molecular weight is 268 g/mol. The Bertz CT molecular complexity index is 385. The fourth-order valence-corrected chi connectivity index (χ4v) is 1.99. The van der Waals surface area contributed by atoms with Crippen LogP contribution in [0.5, 0.6) is 0 Å². The second-order valence-electron chi connectivity index (χ2n) is 4.56. The molecule has 5 heteroatoms. The molecule has 0 saturated carbocycles. The zero-order chi connectivity index (χ0) is 14.3. The van der Waals surface area contributed by atoms with E-state index in [1.165, 1.54) is 0 Å². The highest BCUT2D eigenvalue weighted by Gasteiger charge is 2.16. The highest BCUT2D eigenvalue weighted by molar-refractivity contribution is 5.42. The summed E-state index contributed by atoms with van der Waals surface area (Å²) >= 11 is 0. The van der Waals surface area contributed by atoms with Gasteiger partial charge in [0.25, 0.3) is 0 Å². The van der Waals surface area contributed by atoms with E-state index in [0.717, 1.165) is 23.6 Å². The Hall–Kier alpha value is -1.17. The second kappa shape index (κ2) is 8.09. The predicted octanol–water partition coefficient (Wildman–Crippen LogP) is 1.37. The molecule has 1 rings (SSSR count). The molecule has 0 bridgehead atoms. The molecule has 0 aliphatic rings. The fourth-order valence-electron chi connectivity index (χ4n) is 1.99. The number of aromatic nitrogens is 1. The van der Waals surface area contributed by atoms with Crippen LogP contribution in [0.1, 0.15) is 18.2 Å². The van der Waals surface area contributed by atoms with Gasteiger partial charge >= 0.3 is 0 Å². The van der Waals surface area contributed by atoms with Gasteiger partial charge in [0.05, 0.1) is 25.9 Å². The van der Waals surface area contributed by atoms with Crippen molar-refractivity contribution in [3.63, 3.8) is 0 Å². The zero-order valence-corrected chi connectivity index (χ0v) is 12.2. The molecule has 0 saturated heterocycles. The molecule has 1 aromatic rings. The molecule has 1 heterocycles. The number of methoxy groups -OCH3 is 2. The summed E-state index contributed by atoms with van der Waals surface area (Å²) in [5.74, 6) is 0.885. The normalized spacial score (nSPS) is 12.5. The third kappa shape index (κ3) is 4.45. The molecule has 19 heavy (non-hydrogen) atoms. The monoisotopic (exact) mass is 268 g/mol. The molecular weight excluding hydrogens is 244 g/mol. The van der Waals surface area contributed by atoms with E-state index in [1.807, 2.05) is 19.1 Å². The highest BCUT2D eigenvalue weighted by atomic mass is 16.5. The SMILES string of the molecule is COCCN(c1ccc(CO)c(C)n1)C(C)COC. The summed E-state index contributed by atoms with van der Waals surface area (Å²) < 4.78 is 10.4. The molecule has 0 fully saturated rings. The Morgan fingerprint density at radius 3 is 2.58 bits per heavy atom. The van der Waals surface area contributed by atoms with Gasteiger partial charge in [-0.05, 0) is 25.5 Å². The van der Waals surface area contributed by atoms with Crippen LogP contribution in [0.2, 0.25) is 0 Å². The molecule has 0 aromatic carbocycles. The first-order valence-corrected chi connectivity index (χ1v) is 6.46. The molecule has 0 spiro atoms. The molecule has 1 unspecified atom stereocenters. The van der Waals surface area contributed by atoms with Gasteiger partial charge in [0, 0.05) is 26.5 Å². The van der Waals surface area contributed by atoms with Gasteiger partial charge < -0.3 is 19.5 Å². The molecular formula is C14H24N2O3. The van der Waals surface area contributed by atoms with Crippen LogP contribution in [0, 0.1) is 6.92 Å². The first-order chi connectivity index (χ1) is 9.13. The largest absolute Gasteiger partial charge is 0.392 e. The number of aryl methyl sites for hydroxylation is 1. The van der Waals surface area contributed by atoms with Crippen LogP contribution in [0.3, 0.4) is 0 Å². The zero-order valence-electron chi connectivity index (χ0n) is 12.2. The number of aliphatic hydroxyl groups excluding tert-OH is 1. The lowest BCUT2D eigenvalue weighted by molar-refractivity contribution is 0.170. The van der Waals surface area contributed by atoms with Gasteiger partial charge in [-0.3, -0.25) is 0 Å². The van der Waals surface area contributed by atoms with Crippen molar-refractivity contribution >= 4 is 5.82 Å². The Balaban J connectivity index is 2.92. The van der Waals surface area contributed by atoms with Crippen LogP contribution in [0.15, 0.2) is 12.1 Å². The Morgan fingerprint density at radius 2 is 2.05 bits per heavy atom. The number of aliphatic hydroxyl groups is 1. The quantitative estimate of drug-likeness (QED) is 0.771. The lowest BCUT2D eigenvalue weighted by atomic mass is 10.2. The van der Waals surface area contributed by atoms with Crippen LogP contribution >= 0.6 is 0 Å². The smallest absolute Gasteiger partial charge is 0.129 e. The van der Waals surface area contributed by atoms with E-state index in [1.54, 1.807) is 14.2 Å². The molecule has 0 aliphatic heterocycles. The Morgan fingerprint density at radius 1 is 1.32 bits per heavy atom. The van der Waals surface area contributed by atoms with E-state index in [2.05, 4.69) is 16.8 Å². The average Bonchev–Trinajstić information content (AvgIpc) is 2.39. The maximum absolute atomic E-state index is 9.19. The molecule has 1 atom stereocenters. The van der Waals surface area contributed by atoms with Gasteiger partial charge in [-0.1, -0.05) is 6.07 Å². The van der Waals surface area contributed by atoms with Crippen LogP contribution < -0.4 is 4.90 Å². The van der Waals surface area contributed by atoms with Gasteiger partial charge in [0.2, 0.25) is 0 Å². The molecule has 0 aliphatic carbocycles. The molecule has 0 radical (unpaired) electrons. The number of hydrogen-bond donors (Lipinski definition) is 1. The van der Waals surface area contributed by atoms with Gasteiger partial charge in [0.15, 0.2) is 0 Å². The summed E-state index contributed by atoms with van der Waals surface area (Å²) in [5.41, 5.74) is 1.71. The van der Waals surface area contributed by atoms with Crippen LogP contribution in [0.4, 0.5) is 5.82 Å². The number of pyridine rings is 1. The molecule has 0 amide bonds. The van der Waals surface area contributed by atoms with Crippen molar-refractivity contribution in [3.8, 4) is 0 Å². The number of rotatable bonds is 8. The minimum Gasteiger partial charge on any atom is -0.392 e. The lowest BCUT2D eigenvalue weighted by Gasteiger charge is -2.30. The first kappa shape index (κ1) is 15.9. The second-order valence-corrected chi connectivity index (χ2v) is 4.56. The standard InChI is InChI=1S/C14H24N2O3/c1-11(10-19-4)16(7-8-18-3)14-6-5-13(9-17)12(2)15-14/h5-6,11,17H,7-10H2,1-4H3. The Labute approximate surface area is 115 Å². The van der Waals surface area contributed by atoms with Crippen molar-refractivity contribution in [2.24, 2.45) is 0 Å². The minimum absolute atomic E-state index is 0.0187. The van der Waals surface area contributed by atoms with E-state index in [0.29, 0.717) is 13.2 Å². The van der Waals surface area contributed by atoms with Crippen LogP contribution in [-0.2, 0) is 16.1 Å². The topological polar surface area (TPSA) is 54.8 Å². The number of ether oxygens (including phenoxy) is 2. The summed E-state index contributed by atoms with van der Waals surface area (Å²) in [6.07, 6.45) is 0. The van der Waals surface area contributed by atoms with Crippen molar-refractivity contribution in [1.29, 1.82) is 0 Å². The van der Waals surface area contributed by atoms with E-state index >= 15 is 0 Å². The van der Waals surface area contributed by atoms with Gasteiger partial charge in [-0.15, -0.1) is 0 Å². The van der Waals surface area contributed by atoms with Crippen molar-refractivity contribution in [1.82, 2.24) is 4.98 Å². The molecule has 108 valence electrons. The number of nitrogens with zero attached hydrogens (tertiary/aromatic N) is 2. The first-order valence-electron chi connectivity index (χ1n) is 6.46. The van der Waals surface area contributed by atoms with Crippen LogP contribution in [-0.4, -0.2) is 50.1 Å². The van der Waals surface area contributed by atoms with Crippen LogP contribution in [0.25, 0.3) is 0 Å². The van der Waals surface area contributed by atoms with Gasteiger partial charge in [-0.2, -0.15) is 0 Å². The molecule has 1 N–H and O–H groups in total. The minimum atomic E-state index is 0.0187. The molecule has 1 aromatic heterocycles. The summed E-state index contributed by atoms with van der Waals surface area (Å²) in [7, 11) is 3.38. The maximum Gasteiger partial charge on any atom is 0.129 e. The fraction of sp³-hybridized carbons (Fsp3) is 0.643. The summed E-state index contributed by atoms with van der Waals surface area (Å²) in [4.78, 5) is 6.71. The van der Waals surface area contributed by atoms with E-state index < -0.39 is 0 Å². The van der Waals surface area contributed by atoms with E-state index in [-0.39, 0.29) is 12.6 Å². The van der Waals surface area contributed by atoms with Crippen molar-refractivity contribution < 1.29 is 14.6 Å². The van der Waals surface area contributed by atoms with Crippen molar-refractivity contribution in [3.05, 3.63) is 23.4 Å². The summed E-state index contributed by atoms with van der Waals surface area (Å²) in [6.45, 7) is 6.04. The van der Waals surface area contributed by atoms with Gasteiger partial charge in [-0.25, -0.2) is 4.98 Å². The summed E-state index contributed by atoms with van der Waals surface area (Å²) in [6, 6.07) is 4.06. The highest BCUT2D eigenvalue weighted by Crippen LogP contribution is 2.17. The number of hydrogen-bond acceptors (Lipinski definition) is 5. The Kier molecular flexibility index (Phi) is 6.77.